The zero-order valence-corrected chi connectivity index (χ0v) is 10.3. The van der Waals surface area contributed by atoms with Crippen molar-refractivity contribution in [3.05, 3.63) is 18.0 Å². The van der Waals surface area contributed by atoms with Crippen LogP contribution in [0.3, 0.4) is 0 Å². The van der Waals surface area contributed by atoms with Crippen LogP contribution in [0.15, 0.2) is 12.4 Å². The number of aromatic nitrogens is 2. The third kappa shape index (κ3) is 6.31. The summed E-state index contributed by atoms with van der Waals surface area (Å²) in [6.07, 6.45) is -1.74. The van der Waals surface area contributed by atoms with Crippen LogP contribution in [0.25, 0.3) is 0 Å². The topological polar surface area (TPSA) is 29.9 Å². The summed E-state index contributed by atoms with van der Waals surface area (Å²) in [4.78, 5) is 0. The van der Waals surface area contributed by atoms with E-state index in [1.165, 1.54) is 4.68 Å². The lowest BCUT2D eigenvalue weighted by atomic mass is 10.1. The van der Waals surface area contributed by atoms with E-state index in [0.717, 1.165) is 5.56 Å². The Labute approximate surface area is 99.0 Å². The van der Waals surface area contributed by atoms with Crippen LogP contribution < -0.4 is 5.32 Å². The molecule has 0 saturated heterocycles. The molecule has 0 radical (unpaired) electrons. The van der Waals surface area contributed by atoms with Gasteiger partial charge in [-0.05, 0) is 20.8 Å². The second-order valence-electron chi connectivity index (χ2n) is 5.08. The van der Waals surface area contributed by atoms with Gasteiger partial charge in [0.15, 0.2) is 0 Å². The van der Waals surface area contributed by atoms with Gasteiger partial charge in [0.2, 0.25) is 0 Å². The smallest absolute Gasteiger partial charge is 0.308 e. The molecule has 0 amide bonds. The molecule has 1 aromatic rings. The van der Waals surface area contributed by atoms with E-state index in [4.69, 9.17) is 0 Å². The maximum atomic E-state index is 12.0. The summed E-state index contributed by atoms with van der Waals surface area (Å²) < 4.78 is 37.3. The lowest BCUT2D eigenvalue weighted by molar-refractivity contribution is -0.137. The van der Waals surface area contributed by atoms with Gasteiger partial charge >= 0.3 is 6.18 Å². The van der Waals surface area contributed by atoms with E-state index >= 15 is 0 Å². The number of hydrogen-bond donors (Lipinski definition) is 1. The van der Waals surface area contributed by atoms with E-state index in [-0.39, 0.29) is 12.1 Å². The summed E-state index contributed by atoms with van der Waals surface area (Å²) >= 11 is 0. The average Bonchev–Trinajstić information content (AvgIpc) is 2.57. The molecule has 1 aromatic heterocycles. The first-order valence-corrected chi connectivity index (χ1v) is 5.49. The van der Waals surface area contributed by atoms with Crippen LogP contribution in [-0.2, 0) is 13.1 Å². The molecule has 0 saturated carbocycles. The van der Waals surface area contributed by atoms with Gasteiger partial charge in [0.1, 0.15) is 0 Å². The molecule has 0 aliphatic rings. The van der Waals surface area contributed by atoms with Crippen LogP contribution in [-0.4, -0.2) is 21.5 Å². The van der Waals surface area contributed by atoms with Crippen molar-refractivity contribution in [1.82, 2.24) is 15.1 Å². The number of hydrogen-bond acceptors (Lipinski definition) is 2. The van der Waals surface area contributed by atoms with Gasteiger partial charge in [0, 0.05) is 30.4 Å². The van der Waals surface area contributed by atoms with E-state index < -0.39 is 12.6 Å². The Morgan fingerprint density at radius 1 is 1.29 bits per heavy atom. The molecule has 0 unspecified atom stereocenters. The summed E-state index contributed by atoms with van der Waals surface area (Å²) in [5.74, 6) is 0. The van der Waals surface area contributed by atoms with E-state index in [1.807, 2.05) is 20.8 Å². The van der Waals surface area contributed by atoms with Crippen LogP contribution in [0.2, 0.25) is 0 Å². The Balaban J connectivity index is 2.43. The first-order valence-electron chi connectivity index (χ1n) is 5.49. The quantitative estimate of drug-likeness (QED) is 0.889. The van der Waals surface area contributed by atoms with Crippen molar-refractivity contribution >= 4 is 0 Å². The minimum atomic E-state index is -4.13. The molecule has 0 spiro atoms. The summed E-state index contributed by atoms with van der Waals surface area (Å²) in [5, 5.41) is 7.14. The molecule has 0 aliphatic heterocycles. The normalized spacial score (nSPS) is 13.1. The molecule has 98 valence electrons. The Kier molecular flexibility index (Phi) is 4.19. The first kappa shape index (κ1) is 14.0. The van der Waals surface area contributed by atoms with E-state index in [1.54, 1.807) is 12.4 Å². The highest BCUT2D eigenvalue weighted by Crippen LogP contribution is 2.20. The SMILES string of the molecule is CC(C)(C)NCc1cnn(CCC(F)(F)F)c1. The number of nitrogens with zero attached hydrogens (tertiary/aromatic N) is 2. The summed E-state index contributed by atoms with van der Waals surface area (Å²) in [6.45, 7) is 6.57. The van der Waals surface area contributed by atoms with Gasteiger partial charge in [-0.25, -0.2) is 0 Å². The van der Waals surface area contributed by atoms with Crippen molar-refractivity contribution in [3.8, 4) is 0 Å². The van der Waals surface area contributed by atoms with Gasteiger partial charge in [0.05, 0.1) is 12.6 Å². The Morgan fingerprint density at radius 2 is 1.94 bits per heavy atom. The molecule has 0 fully saturated rings. The maximum Gasteiger partial charge on any atom is 0.390 e. The van der Waals surface area contributed by atoms with Crippen LogP contribution in [0, 0.1) is 0 Å². The molecule has 3 nitrogen and oxygen atoms in total. The fourth-order valence-corrected chi connectivity index (χ4v) is 1.23. The van der Waals surface area contributed by atoms with Crippen LogP contribution in [0.4, 0.5) is 13.2 Å². The molecule has 0 aromatic carbocycles. The van der Waals surface area contributed by atoms with Gasteiger partial charge in [0.25, 0.3) is 0 Å². The van der Waals surface area contributed by atoms with Crippen LogP contribution >= 0.6 is 0 Å². The van der Waals surface area contributed by atoms with E-state index in [9.17, 15) is 13.2 Å². The van der Waals surface area contributed by atoms with Gasteiger partial charge in [-0.1, -0.05) is 0 Å². The number of nitrogens with one attached hydrogen (secondary N) is 1. The molecule has 0 aliphatic carbocycles. The first-order chi connectivity index (χ1) is 7.66. The van der Waals surface area contributed by atoms with Gasteiger partial charge in [-0.15, -0.1) is 0 Å². The predicted octanol–water partition coefficient (Wildman–Crippen LogP) is 2.72. The molecule has 6 heteroatoms. The fourth-order valence-electron chi connectivity index (χ4n) is 1.23. The summed E-state index contributed by atoms with van der Waals surface area (Å²) in [6, 6.07) is 0. The van der Waals surface area contributed by atoms with Crippen LogP contribution in [0.5, 0.6) is 0 Å². The molecule has 17 heavy (non-hydrogen) atoms. The Hall–Kier alpha value is -1.04. The van der Waals surface area contributed by atoms with Gasteiger partial charge < -0.3 is 5.32 Å². The molecule has 1 N–H and O–H groups in total. The van der Waals surface area contributed by atoms with E-state index in [2.05, 4.69) is 10.4 Å². The molecule has 1 rings (SSSR count). The van der Waals surface area contributed by atoms with Crippen molar-refractivity contribution in [2.24, 2.45) is 0 Å². The van der Waals surface area contributed by atoms with Crippen LogP contribution in [0.1, 0.15) is 32.8 Å². The summed E-state index contributed by atoms with van der Waals surface area (Å²) in [7, 11) is 0. The number of halogens is 3. The number of rotatable bonds is 4. The lowest BCUT2D eigenvalue weighted by Crippen LogP contribution is -2.34. The van der Waals surface area contributed by atoms with Crippen molar-refractivity contribution in [3.63, 3.8) is 0 Å². The zero-order valence-electron chi connectivity index (χ0n) is 10.3. The van der Waals surface area contributed by atoms with Crippen molar-refractivity contribution in [2.75, 3.05) is 0 Å². The molecule has 0 bridgehead atoms. The molecular weight excluding hydrogens is 231 g/mol. The highest BCUT2D eigenvalue weighted by Gasteiger charge is 2.26. The third-order valence-electron chi connectivity index (χ3n) is 2.13. The van der Waals surface area contributed by atoms with Crippen molar-refractivity contribution in [1.29, 1.82) is 0 Å². The number of alkyl halides is 3. The highest BCUT2D eigenvalue weighted by molar-refractivity contribution is 5.03. The zero-order chi connectivity index (χ0) is 13.1. The highest BCUT2D eigenvalue weighted by atomic mass is 19.4. The second-order valence-corrected chi connectivity index (χ2v) is 5.08. The molecular formula is C11H18F3N3. The van der Waals surface area contributed by atoms with Crippen molar-refractivity contribution < 1.29 is 13.2 Å². The maximum absolute atomic E-state index is 12.0. The standard InChI is InChI=1S/C11H18F3N3/c1-10(2,3)15-6-9-7-16-17(8-9)5-4-11(12,13)14/h7-8,15H,4-6H2,1-3H3. The largest absolute Gasteiger partial charge is 0.390 e. The monoisotopic (exact) mass is 249 g/mol. The fraction of sp³-hybridized carbons (Fsp3) is 0.727. The second kappa shape index (κ2) is 5.08. The Morgan fingerprint density at radius 3 is 2.47 bits per heavy atom. The van der Waals surface area contributed by atoms with E-state index in [0.29, 0.717) is 6.54 Å². The Bertz CT molecular complexity index is 317. The summed E-state index contributed by atoms with van der Waals surface area (Å²) in [5.41, 5.74) is 0.871. The minimum absolute atomic E-state index is 0.0198. The van der Waals surface area contributed by atoms with Gasteiger partial charge in [-0.3, -0.25) is 4.68 Å². The predicted molar refractivity (Wildman–Crippen MR) is 59.5 cm³/mol. The third-order valence-corrected chi connectivity index (χ3v) is 2.13. The molecule has 1 heterocycles. The van der Waals surface area contributed by atoms with Crippen molar-refractivity contribution in [2.45, 2.75) is 52.0 Å². The van der Waals surface area contributed by atoms with Gasteiger partial charge in [-0.2, -0.15) is 18.3 Å². The number of aryl methyl sites for hydroxylation is 1. The minimum Gasteiger partial charge on any atom is -0.308 e. The average molecular weight is 249 g/mol. The molecule has 0 atom stereocenters. The lowest BCUT2D eigenvalue weighted by Gasteiger charge is -2.19.